The maximum absolute atomic E-state index is 11.5. The fourth-order valence-electron chi connectivity index (χ4n) is 1.79. The quantitative estimate of drug-likeness (QED) is 0.568. The van der Waals surface area contributed by atoms with E-state index in [1.807, 2.05) is 0 Å². The molecule has 1 saturated heterocycles. The van der Waals surface area contributed by atoms with Crippen molar-refractivity contribution in [2.75, 3.05) is 6.54 Å². The zero-order valence-corrected chi connectivity index (χ0v) is 8.53. The van der Waals surface area contributed by atoms with Crippen LogP contribution >= 0.6 is 0 Å². The van der Waals surface area contributed by atoms with Crippen LogP contribution in [0.3, 0.4) is 0 Å². The van der Waals surface area contributed by atoms with Crippen molar-refractivity contribution in [3.8, 4) is 0 Å². The molecule has 0 aromatic rings. The van der Waals surface area contributed by atoms with E-state index in [9.17, 15) is 14.7 Å². The summed E-state index contributed by atoms with van der Waals surface area (Å²) in [6.45, 7) is 0.301. The summed E-state index contributed by atoms with van der Waals surface area (Å²) in [6.07, 6.45) is 2.66. The minimum Gasteiger partial charge on any atom is -0.391 e. The van der Waals surface area contributed by atoms with Crippen molar-refractivity contribution < 1.29 is 14.7 Å². The van der Waals surface area contributed by atoms with E-state index in [0.29, 0.717) is 25.3 Å². The van der Waals surface area contributed by atoms with Crippen LogP contribution in [0.4, 0.5) is 0 Å². The van der Waals surface area contributed by atoms with Gasteiger partial charge in [-0.2, -0.15) is 0 Å². The third-order valence-electron chi connectivity index (χ3n) is 2.96. The molecule has 0 spiro atoms. The highest BCUT2D eigenvalue weighted by atomic mass is 16.3. The van der Waals surface area contributed by atoms with Crippen LogP contribution in [0.2, 0.25) is 0 Å². The van der Waals surface area contributed by atoms with Gasteiger partial charge < -0.3 is 15.7 Å². The summed E-state index contributed by atoms with van der Waals surface area (Å²) in [6, 6.07) is -0.399. The van der Waals surface area contributed by atoms with Crippen LogP contribution in [0.5, 0.6) is 0 Å². The predicted molar refractivity (Wildman–Crippen MR) is 52.9 cm³/mol. The molecule has 2 atom stereocenters. The first-order valence-electron chi connectivity index (χ1n) is 5.42. The third-order valence-corrected chi connectivity index (χ3v) is 2.96. The summed E-state index contributed by atoms with van der Waals surface area (Å²) in [5.41, 5.74) is 0. The Morgan fingerprint density at radius 3 is 2.80 bits per heavy atom. The van der Waals surface area contributed by atoms with E-state index >= 15 is 0 Å². The SMILES string of the molecule is O=C1CC[C@@H](C(=O)NCC(O)C2CC2)N1. The van der Waals surface area contributed by atoms with Crippen molar-refractivity contribution >= 4 is 11.8 Å². The Balaban J connectivity index is 1.69. The first-order chi connectivity index (χ1) is 7.16. The molecule has 2 rings (SSSR count). The number of nitrogens with one attached hydrogen (secondary N) is 2. The van der Waals surface area contributed by atoms with Crippen molar-refractivity contribution in [2.45, 2.75) is 37.8 Å². The van der Waals surface area contributed by atoms with E-state index in [4.69, 9.17) is 0 Å². The van der Waals surface area contributed by atoms with E-state index in [-0.39, 0.29) is 11.8 Å². The highest BCUT2D eigenvalue weighted by Crippen LogP contribution is 2.32. The molecule has 1 unspecified atom stereocenters. The Kier molecular flexibility index (Phi) is 2.90. The average Bonchev–Trinajstić information content (AvgIpc) is 2.97. The van der Waals surface area contributed by atoms with Crippen molar-refractivity contribution in [3.05, 3.63) is 0 Å². The molecule has 2 fully saturated rings. The van der Waals surface area contributed by atoms with Crippen molar-refractivity contribution in [2.24, 2.45) is 5.92 Å². The molecule has 15 heavy (non-hydrogen) atoms. The fourth-order valence-corrected chi connectivity index (χ4v) is 1.79. The molecule has 2 aliphatic rings. The lowest BCUT2D eigenvalue weighted by atomic mass is 10.2. The van der Waals surface area contributed by atoms with Crippen molar-refractivity contribution in [1.82, 2.24) is 10.6 Å². The first-order valence-corrected chi connectivity index (χ1v) is 5.42. The lowest BCUT2D eigenvalue weighted by molar-refractivity contribution is -0.126. The topological polar surface area (TPSA) is 78.4 Å². The smallest absolute Gasteiger partial charge is 0.242 e. The number of carbonyl (C=O) groups excluding carboxylic acids is 2. The molecular formula is C10H16N2O3. The lowest BCUT2D eigenvalue weighted by Crippen LogP contribution is -2.44. The molecule has 5 nitrogen and oxygen atoms in total. The Bertz CT molecular complexity index is 276. The van der Waals surface area contributed by atoms with Gasteiger partial charge in [-0.05, 0) is 25.2 Å². The molecule has 2 amide bonds. The second-order valence-electron chi connectivity index (χ2n) is 4.31. The van der Waals surface area contributed by atoms with E-state index in [1.54, 1.807) is 0 Å². The summed E-state index contributed by atoms with van der Waals surface area (Å²) in [4.78, 5) is 22.4. The summed E-state index contributed by atoms with van der Waals surface area (Å²) >= 11 is 0. The van der Waals surface area contributed by atoms with Crippen LogP contribution in [0.15, 0.2) is 0 Å². The van der Waals surface area contributed by atoms with Crippen LogP contribution in [-0.4, -0.2) is 35.6 Å². The molecule has 0 aromatic carbocycles. The molecule has 1 heterocycles. The Morgan fingerprint density at radius 2 is 2.27 bits per heavy atom. The average molecular weight is 212 g/mol. The van der Waals surface area contributed by atoms with Gasteiger partial charge in [0.15, 0.2) is 0 Å². The van der Waals surface area contributed by atoms with E-state index in [2.05, 4.69) is 10.6 Å². The highest BCUT2D eigenvalue weighted by Gasteiger charge is 2.31. The summed E-state index contributed by atoms with van der Waals surface area (Å²) in [5, 5.41) is 14.8. The number of rotatable bonds is 4. The van der Waals surface area contributed by atoms with Gasteiger partial charge in [-0.15, -0.1) is 0 Å². The van der Waals surface area contributed by atoms with E-state index in [1.165, 1.54) is 0 Å². The van der Waals surface area contributed by atoms with Gasteiger partial charge in [0.1, 0.15) is 6.04 Å². The third kappa shape index (κ3) is 2.68. The van der Waals surface area contributed by atoms with Gasteiger partial charge in [0.25, 0.3) is 0 Å². The summed E-state index contributed by atoms with van der Waals surface area (Å²) in [7, 11) is 0. The molecule has 1 aliphatic carbocycles. The normalized spacial score (nSPS) is 27.3. The van der Waals surface area contributed by atoms with Crippen molar-refractivity contribution in [3.63, 3.8) is 0 Å². The first kappa shape index (κ1) is 10.4. The molecule has 0 radical (unpaired) electrons. The van der Waals surface area contributed by atoms with Crippen LogP contribution in [0.25, 0.3) is 0 Å². The van der Waals surface area contributed by atoms with E-state index in [0.717, 1.165) is 12.8 Å². The monoisotopic (exact) mass is 212 g/mol. The second-order valence-corrected chi connectivity index (χ2v) is 4.31. The summed E-state index contributed by atoms with van der Waals surface area (Å²) < 4.78 is 0. The van der Waals surface area contributed by atoms with Gasteiger partial charge in [-0.25, -0.2) is 0 Å². The van der Waals surface area contributed by atoms with Gasteiger partial charge in [0.2, 0.25) is 11.8 Å². The Labute approximate surface area is 88.2 Å². The fraction of sp³-hybridized carbons (Fsp3) is 0.800. The number of hydrogen-bond donors (Lipinski definition) is 3. The molecule has 1 saturated carbocycles. The zero-order chi connectivity index (χ0) is 10.8. The predicted octanol–water partition coefficient (Wildman–Crippen LogP) is -0.848. The summed E-state index contributed by atoms with van der Waals surface area (Å²) in [5.74, 6) is 0.113. The van der Waals surface area contributed by atoms with Gasteiger partial charge in [-0.1, -0.05) is 0 Å². The van der Waals surface area contributed by atoms with Gasteiger partial charge in [0.05, 0.1) is 6.10 Å². The van der Waals surface area contributed by atoms with Gasteiger partial charge in [-0.3, -0.25) is 9.59 Å². The maximum Gasteiger partial charge on any atom is 0.242 e. The molecule has 0 bridgehead atoms. The maximum atomic E-state index is 11.5. The van der Waals surface area contributed by atoms with Crippen LogP contribution in [0.1, 0.15) is 25.7 Å². The minimum absolute atomic E-state index is 0.0714. The van der Waals surface area contributed by atoms with Crippen LogP contribution < -0.4 is 10.6 Å². The highest BCUT2D eigenvalue weighted by molar-refractivity contribution is 5.90. The molecular weight excluding hydrogens is 196 g/mol. The van der Waals surface area contributed by atoms with Crippen LogP contribution in [0, 0.1) is 5.92 Å². The Hall–Kier alpha value is -1.10. The molecule has 84 valence electrons. The lowest BCUT2D eigenvalue weighted by Gasteiger charge is -2.13. The molecule has 0 aromatic heterocycles. The molecule has 5 heteroatoms. The minimum atomic E-state index is -0.425. The van der Waals surface area contributed by atoms with Crippen molar-refractivity contribution in [1.29, 1.82) is 0 Å². The number of amides is 2. The largest absolute Gasteiger partial charge is 0.391 e. The number of aliphatic hydroxyl groups excluding tert-OH is 1. The standard InChI is InChI=1S/C10H16N2O3/c13-8(6-1-2-6)5-11-10(15)7-3-4-9(14)12-7/h6-8,13H,1-5H2,(H,11,15)(H,12,14)/t7-,8?/m0/s1. The number of aliphatic hydroxyl groups is 1. The van der Waals surface area contributed by atoms with Gasteiger partial charge >= 0.3 is 0 Å². The molecule has 1 aliphatic heterocycles. The van der Waals surface area contributed by atoms with Gasteiger partial charge in [0, 0.05) is 13.0 Å². The number of hydrogen-bond acceptors (Lipinski definition) is 3. The number of carbonyl (C=O) groups is 2. The van der Waals surface area contributed by atoms with E-state index < -0.39 is 12.1 Å². The van der Waals surface area contributed by atoms with Crippen LogP contribution in [-0.2, 0) is 9.59 Å². The molecule has 3 N–H and O–H groups in total. The Morgan fingerprint density at radius 1 is 1.53 bits per heavy atom. The zero-order valence-electron chi connectivity index (χ0n) is 8.53. The second kappa shape index (κ2) is 4.18.